The molecule has 2 aromatic rings. The fourth-order valence-corrected chi connectivity index (χ4v) is 2.03. The van der Waals surface area contributed by atoms with Gasteiger partial charge in [-0.25, -0.2) is 9.37 Å². The van der Waals surface area contributed by atoms with E-state index in [2.05, 4.69) is 10.9 Å². The van der Waals surface area contributed by atoms with Crippen molar-refractivity contribution in [2.24, 2.45) is 0 Å². The molecule has 0 saturated carbocycles. The van der Waals surface area contributed by atoms with Crippen LogP contribution >= 0.6 is 0 Å². The molecule has 0 amide bonds. The SMILES string of the molecule is C#CCn1c(C(C)C)nc(-c2cccc(F)c2)c1N. The number of nitrogens with zero attached hydrogens (tertiary/aromatic N) is 2. The van der Waals surface area contributed by atoms with Crippen LogP contribution < -0.4 is 5.73 Å². The van der Waals surface area contributed by atoms with E-state index in [1.165, 1.54) is 12.1 Å². The summed E-state index contributed by atoms with van der Waals surface area (Å²) in [5.41, 5.74) is 7.34. The Morgan fingerprint density at radius 2 is 2.21 bits per heavy atom. The summed E-state index contributed by atoms with van der Waals surface area (Å²) in [5, 5.41) is 0. The van der Waals surface area contributed by atoms with Crippen molar-refractivity contribution >= 4 is 5.82 Å². The number of imidazole rings is 1. The molecule has 0 bridgehead atoms. The van der Waals surface area contributed by atoms with Crippen molar-refractivity contribution in [3.05, 3.63) is 35.9 Å². The molecule has 2 N–H and O–H groups in total. The normalized spacial score (nSPS) is 10.7. The third-order valence-corrected chi connectivity index (χ3v) is 2.90. The van der Waals surface area contributed by atoms with Gasteiger partial charge in [0, 0.05) is 11.5 Å². The summed E-state index contributed by atoms with van der Waals surface area (Å²) in [6.07, 6.45) is 5.36. The van der Waals surface area contributed by atoms with Crippen LogP contribution in [0.25, 0.3) is 11.3 Å². The Balaban J connectivity index is 2.59. The number of rotatable bonds is 3. The van der Waals surface area contributed by atoms with Crippen molar-refractivity contribution in [2.75, 3.05) is 5.73 Å². The Morgan fingerprint density at radius 1 is 1.47 bits per heavy atom. The van der Waals surface area contributed by atoms with Crippen LogP contribution in [0, 0.1) is 18.2 Å². The van der Waals surface area contributed by atoms with E-state index in [0.717, 1.165) is 5.82 Å². The maximum Gasteiger partial charge on any atom is 0.132 e. The molecule has 1 aromatic heterocycles. The first-order chi connectivity index (χ1) is 9.04. The second-order valence-electron chi connectivity index (χ2n) is 4.66. The van der Waals surface area contributed by atoms with Gasteiger partial charge in [0.1, 0.15) is 23.2 Å². The largest absolute Gasteiger partial charge is 0.383 e. The van der Waals surface area contributed by atoms with Gasteiger partial charge >= 0.3 is 0 Å². The molecule has 0 saturated heterocycles. The van der Waals surface area contributed by atoms with Gasteiger partial charge in [-0.3, -0.25) is 0 Å². The highest BCUT2D eigenvalue weighted by atomic mass is 19.1. The van der Waals surface area contributed by atoms with Gasteiger partial charge in [0.05, 0.1) is 6.54 Å². The zero-order valence-electron chi connectivity index (χ0n) is 11.0. The first-order valence-electron chi connectivity index (χ1n) is 6.10. The van der Waals surface area contributed by atoms with Crippen molar-refractivity contribution in [3.8, 4) is 23.6 Å². The lowest BCUT2D eigenvalue weighted by molar-refractivity contribution is 0.628. The molecule has 0 atom stereocenters. The van der Waals surface area contributed by atoms with Crippen LogP contribution in [0.3, 0.4) is 0 Å². The summed E-state index contributed by atoms with van der Waals surface area (Å²) in [6, 6.07) is 6.23. The Hall–Kier alpha value is -2.28. The monoisotopic (exact) mass is 257 g/mol. The molecule has 0 unspecified atom stereocenters. The van der Waals surface area contributed by atoms with Gasteiger partial charge in [-0.05, 0) is 12.1 Å². The molecule has 98 valence electrons. The first kappa shape index (κ1) is 13.2. The molecule has 0 spiro atoms. The minimum Gasteiger partial charge on any atom is -0.383 e. The van der Waals surface area contributed by atoms with E-state index < -0.39 is 0 Å². The summed E-state index contributed by atoms with van der Waals surface area (Å²) in [4.78, 5) is 4.51. The zero-order chi connectivity index (χ0) is 14.0. The van der Waals surface area contributed by atoms with Crippen LogP contribution in [-0.2, 0) is 6.54 Å². The Kier molecular flexibility index (Phi) is 3.57. The lowest BCUT2D eigenvalue weighted by atomic mass is 10.1. The zero-order valence-corrected chi connectivity index (χ0v) is 11.0. The van der Waals surface area contributed by atoms with E-state index in [-0.39, 0.29) is 11.7 Å². The average Bonchev–Trinajstić information content (AvgIpc) is 2.68. The van der Waals surface area contributed by atoms with Gasteiger partial charge in [-0.15, -0.1) is 6.42 Å². The molecule has 0 radical (unpaired) electrons. The summed E-state index contributed by atoms with van der Waals surface area (Å²) in [7, 11) is 0. The number of nitrogens with two attached hydrogens (primary N) is 1. The molecule has 3 nitrogen and oxygen atoms in total. The van der Waals surface area contributed by atoms with Gasteiger partial charge in [0.15, 0.2) is 0 Å². The highest BCUT2D eigenvalue weighted by molar-refractivity contribution is 5.71. The van der Waals surface area contributed by atoms with Gasteiger partial charge in [-0.1, -0.05) is 31.9 Å². The summed E-state index contributed by atoms with van der Waals surface area (Å²) < 4.78 is 15.1. The van der Waals surface area contributed by atoms with Gasteiger partial charge in [0.25, 0.3) is 0 Å². The number of terminal acetylenes is 1. The molecule has 1 aromatic carbocycles. The highest BCUT2D eigenvalue weighted by Crippen LogP contribution is 2.29. The number of anilines is 1. The minimum absolute atomic E-state index is 0.193. The molecule has 0 aliphatic carbocycles. The highest BCUT2D eigenvalue weighted by Gasteiger charge is 2.17. The predicted molar refractivity (Wildman–Crippen MR) is 75.0 cm³/mol. The molecule has 0 aliphatic heterocycles. The fourth-order valence-electron chi connectivity index (χ4n) is 2.03. The number of hydrogen-bond acceptors (Lipinski definition) is 2. The molecule has 0 fully saturated rings. The number of hydrogen-bond donors (Lipinski definition) is 1. The van der Waals surface area contributed by atoms with Crippen LogP contribution in [0.1, 0.15) is 25.6 Å². The second-order valence-corrected chi connectivity index (χ2v) is 4.66. The fraction of sp³-hybridized carbons (Fsp3) is 0.267. The van der Waals surface area contributed by atoms with Gasteiger partial charge in [-0.2, -0.15) is 0 Å². The lowest BCUT2D eigenvalue weighted by Crippen LogP contribution is -2.07. The number of halogens is 1. The molecular formula is C15H16FN3. The predicted octanol–water partition coefficient (Wildman–Crippen LogP) is 3.03. The van der Waals surface area contributed by atoms with Crippen LogP contribution in [0.4, 0.5) is 10.2 Å². The van der Waals surface area contributed by atoms with Crippen LogP contribution in [0.2, 0.25) is 0 Å². The summed E-state index contributed by atoms with van der Waals surface area (Å²) >= 11 is 0. The lowest BCUT2D eigenvalue weighted by Gasteiger charge is -2.08. The number of benzene rings is 1. The number of aromatic nitrogens is 2. The second kappa shape index (κ2) is 5.15. The van der Waals surface area contributed by atoms with E-state index in [9.17, 15) is 4.39 Å². The Labute approximate surface area is 112 Å². The maximum atomic E-state index is 13.3. The Morgan fingerprint density at radius 3 is 2.79 bits per heavy atom. The van der Waals surface area contributed by atoms with E-state index in [4.69, 9.17) is 12.2 Å². The Bertz CT molecular complexity index is 635. The summed E-state index contributed by atoms with van der Waals surface area (Å²) in [5.74, 6) is 3.74. The van der Waals surface area contributed by atoms with Crippen molar-refractivity contribution in [1.82, 2.24) is 9.55 Å². The molecule has 0 aliphatic rings. The first-order valence-corrected chi connectivity index (χ1v) is 6.10. The van der Waals surface area contributed by atoms with Crippen molar-refractivity contribution in [1.29, 1.82) is 0 Å². The molecule has 2 rings (SSSR count). The van der Waals surface area contributed by atoms with Crippen LogP contribution in [0.15, 0.2) is 24.3 Å². The molecule has 1 heterocycles. The van der Waals surface area contributed by atoms with E-state index >= 15 is 0 Å². The molecule has 4 heteroatoms. The van der Waals surface area contributed by atoms with E-state index in [0.29, 0.717) is 23.6 Å². The van der Waals surface area contributed by atoms with Gasteiger partial charge in [0.2, 0.25) is 0 Å². The third-order valence-electron chi connectivity index (χ3n) is 2.90. The number of nitrogen functional groups attached to an aromatic ring is 1. The molecule has 19 heavy (non-hydrogen) atoms. The van der Waals surface area contributed by atoms with E-state index in [1.807, 2.05) is 13.8 Å². The summed E-state index contributed by atoms with van der Waals surface area (Å²) in [6.45, 7) is 4.40. The quantitative estimate of drug-likeness (QED) is 0.859. The maximum absolute atomic E-state index is 13.3. The van der Waals surface area contributed by atoms with Crippen molar-refractivity contribution in [3.63, 3.8) is 0 Å². The standard InChI is InChI=1S/C15H16FN3/c1-4-8-19-14(17)13(18-15(19)10(2)3)11-6-5-7-12(16)9-11/h1,5-7,9-10H,8,17H2,2-3H3. The molecular weight excluding hydrogens is 241 g/mol. The van der Waals surface area contributed by atoms with Gasteiger partial charge < -0.3 is 10.3 Å². The average molecular weight is 257 g/mol. The third kappa shape index (κ3) is 2.45. The van der Waals surface area contributed by atoms with Crippen molar-refractivity contribution < 1.29 is 4.39 Å². The smallest absolute Gasteiger partial charge is 0.132 e. The van der Waals surface area contributed by atoms with E-state index in [1.54, 1.807) is 16.7 Å². The topological polar surface area (TPSA) is 43.8 Å². The van der Waals surface area contributed by atoms with Crippen molar-refractivity contribution in [2.45, 2.75) is 26.3 Å². The van der Waals surface area contributed by atoms with Crippen LogP contribution in [0.5, 0.6) is 0 Å². The minimum atomic E-state index is -0.311. The van der Waals surface area contributed by atoms with Crippen LogP contribution in [-0.4, -0.2) is 9.55 Å².